The van der Waals surface area contributed by atoms with Crippen molar-refractivity contribution >= 4 is 55.5 Å². The smallest absolute Gasteiger partial charge is 0.145 e. The summed E-state index contributed by atoms with van der Waals surface area (Å²) in [5.74, 6) is 1.49. The van der Waals surface area contributed by atoms with Crippen molar-refractivity contribution in [3.8, 4) is 39.4 Å². The van der Waals surface area contributed by atoms with Gasteiger partial charge in [0.2, 0.25) is 0 Å². The lowest BCUT2D eigenvalue weighted by Crippen LogP contribution is -2.25. The van der Waals surface area contributed by atoms with Crippen molar-refractivity contribution in [1.82, 2.24) is 14.5 Å². The highest BCUT2D eigenvalue weighted by Crippen LogP contribution is 2.52. The van der Waals surface area contributed by atoms with E-state index in [0.717, 1.165) is 50.5 Å². The summed E-state index contributed by atoms with van der Waals surface area (Å²) >= 11 is 0. The van der Waals surface area contributed by atoms with Crippen LogP contribution in [0.1, 0.15) is 0 Å². The predicted octanol–water partition coefficient (Wildman–Crippen LogP) is 13.1. The van der Waals surface area contributed by atoms with Gasteiger partial charge in [-0.15, -0.1) is 0 Å². The van der Waals surface area contributed by atoms with Gasteiger partial charge in [0.25, 0.3) is 0 Å². The molecule has 0 spiro atoms. The molecule has 7 aromatic carbocycles. The Morgan fingerprint density at radius 2 is 1.14 bits per heavy atom. The molecule has 0 unspecified atom stereocenters. The normalized spacial score (nSPS) is 12.4. The fourth-order valence-electron chi connectivity index (χ4n) is 8.46. The molecule has 0 N–H and O–H groups in total. The number of anilines is 4. The summed E-state index contributed by atoms with van der Waals surface area (Å²) in [5, 5.41) is 4.54. The highest BCUT2D eigenvalue weighted by molar-refractivity contribution is 6.09. The molecule has 0 saturated carbocycles. The molecule has 270 valence electrons. The Hall–Kier alpha value is -7.70. The van der Waals surface area contributed by atoms with E-state index in [1.54, 1.807) is 0 Å². The molecular formula is C51H35N5O. The van der Waals surface area contributed by atoms with E-state index in [0.29, 0.717) is 6.67 Å². The minimum absolute atomic E-state index is 0.613. The zero-order chi connectivity index (χ0) is 37.7. The number of hydrogen-bond donors (Lipinski definition) is 0. The first-order valence-corrected chi connectivity index (χ1v) is 19.2. The molecule has 6 nitrogen and oxygen atoms in total. The van der Waals surface area contributed by atoms with Crippen LogP contribution in [0.15, 0.2) is 201 Å². The molecule has 0 radical (unpaired) electrons. The zero-order valence-electron chi connectivity index (χ0n) is 30.9. The van der Waals surface area contributed by atoms with Crippen molar-refractivity contribution in [1.29, 1.82) is 0 Å². The Morgan fingerprint density at radius 1 is 0.474 bits per heavy atom. The molecule has 0 bridgehead atoms. The maximum Gasteiger partial charge on any atom is 0.145 e. The SMILES string of the molecule is c1ccc(-c2cccc(-c3ccccc3)c2N2CN(c3cccc(Oc4cccc(-n5c6ccncc6c6cccnc65)c4)c3)c3ccc4ccccc4c32)cc1. The Morgan fingerprint density at radius 3 is 1.91 bits per heavy atom. The number of aromatic nitrogens is 3. The van der Waals surface area contributed by atoms with E-state index in [9.17, 15) is 0 Å². The van der Waals surface area contributed by atoms with E-state index in [-0.39, 0.29) is 0 Å². The highest BCUT2D eigenvalue weighted by Gasteiger charge is 2.33. The van der Waals surface area contributed by atoms with E-state index >= 15 is 0 Å². The van der Waals surface area contributed by atoms with Gasteiger partial charge in [-0.25, -0.2) is 4.98 Å². The van der Waals surface area contributed by atoms with Gasteiger partial charge in [-0.05, 0) is 65.0 Å². The maximum absolute atomic E-state index is 6.68. The van der Waals surface area contributed by atoms with Crippen molar-refractivity contribution in [3.63, 3.8) is 0 Å². The van der Waals surface area contributed by atoms with Crippen LogP contribution >= 0.6 is 0 Å². The summed E-state index contributed by atoms with van der Waals surface area (Å²) in [6, 6.07) is 64.0. The van der Waals surface area contributed by atoms with Crippen molar-refractivity contribution in [2.24, 2.45) is 0 Å². The van der Waals surface area contributed by atoms with E-state index in [1.165, 1.54) is 44.4 Å². The van der Waals surface area contributed by atoms with E-state index < -0.39 is 0 Å². The molecule has 6 heteroatoms. The standard InChI is InChI=1S/C51H35N5O/c1-3-13-35(14-4-1)42-23-11-24-43(36-15-5-2-6-16-36)49(42)55-34-54(48-27-26-37-17-7-8-22-44(37)50(48)55)38-18-9-20-40(31-38)57-41-21-10-19-39(32-41)56-47-28-30-52-33-46(47)45-25-12-29-53-51(45)56/h1-33H,34H2. The van der Waals surface area contributed by atoms with Crippen molar-refractivity contribution in [2.45, 2.75) is 0 Å². The van der Waals surface area contributed by atoms with Gasteiger partial charge < -0.3 is 14.5 Å². The van der Waals surface area contributed by atoms with Crippen LogP contribution < -0.4 is 14.5 Å². The second-order valence-electron chi connectivity index (χ2n) is 14.3. The third-order valence-electron chi connectivity index (χ3n) is 11.0. The number of rotatable bonds is 7. The Bertz CT molecular complexity index is 2990. The van der Waals surface area contributed by atoms with Crippen LogP contribution in [-0.2, 0) is 0 Å². The average molecular weight is 734 g/mol. The Kier molecular flexibility index (Phi) is 7.78. The molecule has 57 heavy (non-hydrogen) atoms. The first-order chi connectivity index (χ1) is 28.3. The monoisotopic (exact) mass is 733 g/mol. The van der Waals surface area contributed by atoms with Crippen LogP contribution in [0.2, 0.25) is 0 Å². The van der Waals surface area contributed by atoms with Crippen LogP contribution in [-0.4, -0.2) is 21.2 Å². The molecule has 0 aliphatic carbocycles. The summed E-state index contributed by atoms with van der Waals surface area (Å²) in [6.07, 6.45) is 5.57. The molecule has 3 aromatic heterocycles. The van der Waals surface area contributed by atoms with E-state index in [1.807, 2.05) is 48.9 Å². The summed E-state index contributed by atoms with van der Waals surface area (Å²) in [5.41, 5.74) is 12.2. The Labute approximate surface area is 330 Å². The third-order valence-corrected chi connectivity index (χ3v) is 11.0. The highest BCUT2D eigenvalue weighted by atomic mass is 16.5. The minimum Gasteiger partial charge on any atom is -0.457 e. The van der Waals surface area contributed by atoms with Crippen LogP contribution in [0.25, 0.3) is 60.6 Å². The molecule has 10 aromatic rings. The summed E-state index contributed by atoms with van der Waals surface area (Å²) in [4.78, 5) is 14.1. The van der Waals surface area contributed by atoms with Gasteiger partial charge >= 0.3 is 0 Å². The van der Waals surface area contributed by atoms with Crippen molar-refractivity contribution in [2.75, 3.05) is 16.5 Å². The minimum atomic E-state index is 0.613. The molecule has 1 aliphatic rings. The second kappa shape index (κ2) is 13.6. The van der Waals surface area contributed by atoms with Crippen molar-refractivity contribution < 1.29 is 4.74 Å². The van der Waals surface area contributed by atoms with Crippen LogP contribution in [0, 0.1) is 0 Å². The topological polar surface area (TPSA) is 46.4 Å². The number of fused-ring (bicyclic) bond motifs is 6. The average Bonchev–Trinajstić information content (AvgIpc) is 3.84. The number of nitrogens with zero attached hydrogens (tertiary/aromatic N) is 5. The van der Waals surface area contributed by atoms with Crippen molar-refractivity contribution in [3.05, 3.63) is 201 Å². The van der Waals surface area contributed by atoms with E-state index in [4.69, 9.17) is 9.72 Å². The summed E-state index contributed by atoms with van der Waals surface area (Å²) < 4.78 is 8.85. The lowest BCUT2D eigenvalue weighted by atomic mass is 9.94. The summed E-state index contributed by atoms with van der Waals surface area (Å²) in [6.45, 7) is 0.613. The molecular weight excluding hydrogens is 699 g/mol. The molecule has 0 amide bonds. The van der Waals surface area contributed by atoms with Gasteiger partial charge in [-0.2, -0.15) is 0 Å². The maximum atomic E-state index is 6.68. The quantitative estimate of drug-likeness (QED) is 0.163. The number of para-hydroxylation sites is 1. The summed E-state index contributed by atoms with van der Waals surface area (Å²) in [7, 11) is 0. The number of ether oxygens (including phenoxy) is 1. The van der Waals surface area contributed by atoms with Crippen LogP contribution in [0.5, 0.6) is 11.5 Å². The van der Waals surface area contributed by atoms with Gasteiger partial charge in [0, 0.05) is 63.7 Å². The molecule has 0 fully saturated rings. The fraction of sp³-hybridized carbons (Fsp3) is 0.0196. The van der Waals surface area contributed by atoms with Gasteiger partial charge in [0.05, 0.1) is 28.3 Å². The molecule has 11 rings (SSSR count). The largest absolute Gasteiger partial charge is 0.457 e. The van der Waals surface area contributed by atoms with Gasteiger partial charge in [0.15, 0.2) is 0 Å². The first kappa shape index (κ1) is 32.7. The van der Waals surface area contributed by atoms with Gasteiger partial charge in [-0.3, -0.25) is 9.55 Å². The molecule has 1 aliphatic heterocycles. The Balaban J connectivity index is 1.01. The van der Waals surface area contributed by atoms with E-state index in [2.05, 4.69) is 171 Å². The van der Waals surface area contributed by atoms with Gasteiger partial charge in [0.1, 0.15) is 23.8 Å². The molecule has 4 heterocycles. The number of pyridine rings is 2. The zero-order valence-corrected chi connectivity index (χ0v) is 30.9. The second-order valence-corrected chi connectivity index (χ2v) is 14.3. The molecule has 0 saturated heterocycles. The molecule has 0 atom stereocenters. The first-order valence-electron chi connectivity index (χ1n) is 19.2. The number of benzene rings is 7. The predicted molar refractivity (Wildman–Crippen MR) is 233 cm³/mol. The lowest BCUT2D eigenvalue weighted by Gasteiger charge is -2.27. The van der Waals surface area contributed by atoms with Crippen LogP contribution in [0.3, 0.4) is 0 Å². The number of hydrogen-bond acceptors (Lipinski definition) is 5. The third kappa shape index (κ3) is 5.57. The lowest BCUT2D eigenvalue weighted by molar-refractivity contribution is 0.482. The van der Waals surface area contributed by atoms with Crippen LogP contribution in [0.4, 0.5) is 22.7 Å². The fourth-order valence-corrected chi connectivity index (χ4v) is 8.46. The van der Waals surface area contributed by atoms with Gasteiger partial charge in [-0.1, -0.05) is 121 Å².